The topological polar surface area (TPSA) is 52.0 Å². The molecule has 4 nitrogen and oxygen atoms in total. The second kappa shape index (κ2) is 7.45. The molecule has 5 heteroatoms. The van der Waals surface area contributed by atoms with Gasteiger partial charge in [0.1, 0.15) is 6.07 Å². The first-order valence-corrected chi connectivity index (χ1v) is 8.21. The molecule has 0 unspecified atom stereocenters. The van der Waals surface area contributed by atoms with E-state index in [1.165, 1.54) is 0 Å². The highest BCUT2D eigenvalue weighted by molar-refractivity contribution is 6.33. The van der Waals surface area contributed by atoms with Gasteiger partial charge in [0, 0.05) is 31.9 Å². The molecule has 1 saturated heterocycles. The van der Waals surface area contributed by atoms with E-state index in [1.54, 1.807) is 6.07 Å². The van der Waals surface area contributed by atoms with Crippen molar-refractivity contribution in [3.8, 4) is 6.07 Å². The smallest absolute Gasteiger partial charge is 0.101 e. The number of likely N-dealkylation sites (tertiary alicyclic amines) is 1. The third-order valence-corrected chi connectivity index (χ3v) is 4.50. The number of benzene rings is 1. The Balaban J connectivity index is 1.57. The third kappa shape index (κ3) is 4.01. The van der Waals surface area contributed by atoms with Crippen LogP contribution >= 0.6 is 11.6 Å². The first-order chi connectivity index (χ1) is 11.3. The zero-order valence-electron chi connectivity index (χ0n) is 12.9. The summed E-state index contributed by atoms with van der Waals surface area (Å²) in [6.07, 6.45) is 3.90. The van der Waals surface area contributed by atoms with Gasteiger partial charge in [0.25, 0.3) is 0 Å². The SMILES string of the molecule is N#Cc1cccc(Cl)c1NC1CCN(Cc2ccccn2)CC1. The molecule has 0 amide bonds. The Morgan fingerprint density at radius 3 is 2.74 bits per heavy atom. The van der Waals surface area contributed by atoms with Crippen LogP contribution in [0.15, 0.2) is 42.6 Å². The van der Waals surface area contributed by atoms with Crippen molar-refractivity contribution in [1.29, 1.82) is 5.26 Å². The third-order valence-electron chi connectivity index (χ3n) is 4.18. The minimum atomic E-state index is 0.349. The van der Waals surface area contributed by atoms with Gasteiger partial charge in [-0.15, -0.1) is 0 Å². The van der Waals surface area contributed by atoms with Crippen LogP contribution in [-0.4, -0.2) is 29.0 Å². The first-order valence-electron chi connectivity index (χ1n) is 7.83. The summed E-state index contributed by atoms with van der Waals surface area (Å²) < 4.78 is 0. The Bertz CT molecular complexity index is 688. The fraction of sp³-hybridized carbons (Fsp3) is 0.333. The van der Waals surface area contributed by atoms with Crippen LogP contribution in [0.1, 0.15) is 24.1 Å². The van der Waals surface area contributed by atoms with E-state index in [-0.39, 0.29) is 0 Å². The molecule has 3 rings (SSSR count). The van der Waals surface area contributed by atoms with E-state index < -0.39 is 0 Å². The monoisotopic (exact) mass is 326 g/mol. The number of anilines is 1. The molecule has 1 aliphatic heterocycles. The molecule has 0 aliphatic carbocycles. The Labute approximate surface area is 141 Å². The number of para-hydroxylation sites is 1. The van der Waals surface area contributed by atoms with Crippen LogP contribution in [0.5, 0.6) is 0 Å². The van der Waals surface area contributed by atoms with Gasteiger partial charge in [-0.25, -0.2) is 0 Å². The molecule has 1 aliphatic rings. The lowest BCUT2D eigenvalue weighted by Crippen LogP contribution is -2.39. The Kier molecular flexibility index (Phi) is 5.12. The van der Waals surface area contributed by atoms with Crippen molar-refractivity contribution in [2.24, 2.45) is 0 Å². The van der Waals surface area contributed by atoms with Crippen molar-refractivity contribution in [3.05, 3.63) is 58.9 Å². The molecule has 2 aromatic rings. The van der Waals surface area contributed by atoms with Gasteiger partial charge >= 0.3 is 0 Å². The minimum Gasteiger partial charge on any atom is -0.380 e. The Morgan fingerprint density at radius 1 is 1.22 bits per heavy atom. The molecule has 1 fully saturated rings. The van der Waals surface area contributed by atoms with Crippen LogP contribution in [-0.2, 0) is 6.54 Å². The molecule has 0 bridgehead atoms. The van der Waals surface area contributed by atoms with E-state index in [0.29, 0.717) is 16.6 Å². The van der Waals surface area contributed by atoms with Crippen LogP contribution in [0.3, 0.4) is 0 Å². The summed E-state index contributed by atoms with van der Waals surface area (Å²) in [5.41, 5.74) is 2.48. The summed E-state index contributed by atoms with van der Waals surface area (Å²) >= 11 is 6.23. The molecule has 0 saturated carbocycles. The van der Waals surface area contributed by atoms with E-state index >= 15 is 0 Å². The molecular formula is C18H19ClN4. The normalized spacial score (nSPS) is 16.0. The van der Waals surface area contributed by atoms with E-state index in [2.05, 4.69) is 27.3 Å². The number of pyridine rings is 1. The van der Waals surface area contributed by atoms with Crippen LogP contribution in [0.4, 0.5) is 5.69 Å². The van der Waals surface area contributed by atoms with E-state index in [0.717, 1.165) is 43.9 Å². The molecule has 2 heterocycles. The molecular weight excluding hydrogens is 308 g/mol. The maximum Gasteiger partial charge on any atom is 0.101 e. The van der Waals surface area contributed by atoms with Crippen LogP contribution in [0.25, 0.3) is 0 Å². The maximum absolute atomic E-state index is 9.21. The molecule has 1 N–H and O–H groups in total. The highest BCUT2D eigenvalue weighted by Crippen LogP contribution is 2.28. The average molecular weight is 327 g/mol. The van der Waals surface area contributed by atoms with Crippen molar-refractivity contribution >= 4 is 17.3 Å². The van der Waals surface area contributed by atoms with E-state index in [9.17, 15) is 5.26 Å². The lowest BCUT2D eigenvalue weighted by molar-refractivity contribution is 0.209. The zero-order valence-corrected chi connectivity index (χ0v) is 13.6. The van der Waals surface area contributed by atoms with Gasteiger partial charge in [-0.2, -0.15) is 5.26 Å². The zero-order chi connectivity index (χ0) is 16.1. The molecule has 0 spiro atoms. The number of piperidine rings is 1. The lowest BCUT2D eigenvalue weighted by atomic mass is 10.0. The summed E-state index contributed by atoms with van der Waals surface area (Å²) in [4.78, 5) is 6.80. The van der Waals surface area contributed by atoms with Gasteiger partial charge in [0.05, 0.1) is 22.0 Å². The van der Waals surface area contributed by atoms with Crippen LogP contribution in [0.2, 0.25) is 5.02 Å². The summed E-state index contributed by atoms with van der Waals surface area (Å²) in [5, 5.41) is 13.3. The molecule has 118 valence electrons. The second-order valence-electron chi connectivity index (χ2n) is 5.79. The van der Waals surface area contributed by atoms with Gasteiger partial charge in [0.15, 0.2) is 0 Å². The van der Waals surface area contributed by atoms with Crippen molar-refractivity contribution in [3.63, 3.8) is 0 Å². The van der Waals surface area contributed by atoms with E-state index in [1.807, 2.05) is 30.5 Å². The summed E-state index contributed by atoms with van der Waals surface area (Å²) in [6, 6.07) is 14.0. The molecule has 23 heavy (non-hydrogen) atoms. The lowest BCUT2D eigenvalue weighted by Gasteiger charge is -2.33. The number of aromatic nitrogens is 1. The maximum atomic E-state index is 9.21. The second-order valence-corrected chi connectivity index (χ2v) is 6.20. The Morgan fingerprint density at radius 2 is 2.04 bits per heavy atom. The van der Waals surface area contributed by atoms with Crippen molar-refractivity contribution in [2.45, 2.75) is 25.4 Å². The van der Waals surface area contributed by atoms with Gasteiger partial charge in [0.2, 0.25) is 0 Å². The highest BCUT2D eigenvalue weighted by atomic mass is 35.5. The first kappa shape index (κ1) is 15.8. The number of hydrogen-bond acceptors (Lipinski definition) is 4. The average Bonchev–Trinajstić information content (AvgIpc) is 2.59. The van der Waals surface area contributed by atoms with Gasteiger partial charge < -0.3 is 5.32 Å². The number of nitrogens with one attached hydrogen (secondary N) is 1. The molecule has 1 aromatic carbocycles. The summed E-state index contributed by atoms with van der Waals surface area (Å²) in [7, 11) is 0. The standard InChI is InChI=1S/C18H19ClN4/c19-17-6-3-4-14(12-20)18(17)22-15-7-10-23(11-8-15)13-16-5-1-2-9-21-16/h1-6,9,15,22H,7-8,10-11,13H2. The quantitative estimate of drug-likeness (QED) is 0.931. The van der Waals surface area contributed by atoms with Gasteiger partial charge in [-0.05, 0) is 37.1 Å². The highest BCUT2D eigenvalue weighted by Gasteiger charge is 2.21. The van der Waals surface area contributed by atoms with Crippen molar-refractivity contribution in [1.82, 2.24) is 9.88 Å². The van der Waals surface area contributed by atoms with E-state index in [4.69, 9.17) is 11.6 Å². The van der Waals surface area contributed by atoms with Crippen molar-refractivity contribution in [2.75, 3.05) is 18.4 Å². The summed E-state index contributed by atoms with van der Waals surface area (Å²) in [6.45, 7) is 2.92. The number of nitrogens with zero attached hydrogens (tertiary/aromatic N) is 3. The molecule has 1 aromatic heterocycles. The fourth-order valence-corrected chi connectivity index (χ4v) is 3.15. The fourth-order valence-electron chi connectivity index (χ4n) is 2.92. The number of halogens is 1. The van der Waals surface area contributed by atoms with Crippen LogP contribution in [0, 0.1) is 11.3 Å². The predicted molar refractivity (Wildman–Crippen MR) is 92.3 cm³/mol. The minimum absolute atomic E-state index is 0.349. The Hall–Kier alpha value is -2.09. The predicted octanol–water partition coefficient (Wildman–Crippen LogP) is 3.68. The largest absolute Gasteiger partial charge is 0.380 e. The number of hydrogen-bond donors (Lipinski definition) is 1. The summed E-state index contributed by atoms with van der Waals surface area (Å²) in [5.74, 6) is 0. The molecule has 0 radical (unpaired) electrons. The number of rotatable bonds is 4. The number of nitriles is 1. The van der Waals surface area contributed by atoms with Gasteiger partial charge in [-0.3, -0.25) is 9.88 Å². The van der Waals surface area contributed by atoms with Crippen LogP contribution < -0.4 is 5.32 Å². The molecule has 0 atom stereocenters. The van der Waals surface area contributed by atoms with Crippen molar-refractivity contribution < 1.29 is 0 Å². The van der Waals surface area contributed by atoms with Gasteiger partial charge in [-0.1, -0.05) is 23.7 Å².